The number of aliphatic hydroxyl groups is 1. The molecule has 4 rings (SSSR count). The molecule has 0 saturated carbocycles. The van der Waals surface area contributed by atoms with Crippen LogP contribution < -0.4 is 10.4 Å². The molecule has 1 aromatic heterocycles. The predicted molar refractivity (Wildman–Crippen MR) is 105 cm³/mol. The zero-order chi connectivity index (χ0) is 19.1. The molecular weight excluding hydrogens is 385 g/mol. The van der Waals surface area contributed by atoms with Gasteiger partial charge in [-0.1, -0.05) is 35.3 Å². The molecule has 27 heavy (non-hydrogen) atoms. The summed E-state index contributed by atoms with van der Waals surface area (Å²) in [6.45, 7) is 0. The van der Waals surface area contributed by atoms with Crippen molar-refractivity contribution < 1.29 is 5.11 Å². The van der Waals surface area contributed by atoms with Crippen LogP contribution in [0.3, 0.4) is 0 Å². The number of nitriles is 1. The van der Waals surface area contributed by atoms with Gasteiger partial charge in [-0.2, -0.15) is 5.26 Å². The topological polar surface area (TPSA) is 85.1 Å². The Morgan fingerprint density at radius 1 is 1.07 bits per heavy atom. The van der Waals surface area contributed by atoms with Gasteiger partial charge in [0.2, 0.25) is 0 Å². The van der Waals surface area contributed by atoms with E-state index in [1.165, 1.54) is 0 Å². The van der Waals surface area contributed by atoms with Gasteiger partial charge < -0.3 is 5.11 Å². The summed E-state index contributed by atoms with van der Waals surface area (Å²) in [6, 6.07) is 13.6. The summed E-state index contributed by atoms with van der Waals surface area (Å²) in [6.07, 6.45) is 0. The zero-order valence-corrected chi connectivity index (χ0v) is 15.6. The minimum absolute atomic E-state index is 0.0520. The van der Waals surface area contributed by atoms with Gasteiger partial charge >= 0.3 is 0 Å². The van der Waals surface area contributed by atoms with Crippen molar-refractivity contribution in [2.24, 2.45) is 0 Å². The average molecular weight is 398 g/mol. The van der Waals surface area contributed by atoms with E-state index in [2.05, 4.69) is 21.5 Å². The number of nitrogens with one attached hydrogen (secondary N) is 1. The number of allylic oxidation sites excluding steroid dienone is 1. The molecule has 1 aliphatic rings. The molecular formula is C19H13Cl2N5O. The van der Waals surface area contributed by atoms with Crippen molar-refractivity contribution in [3.63, 3.8) is 0 Å². The van der Waals surface area contributed by atoms with Crippen LogP contribution in [0.25, 0.3) is 16.6 Å². The minimum atomic E-state index is -0.649. The largest absolute Gasteiger partial charge is 0.509 e. The van der Waals surface area contributed by atoms with Crippen LogP contribution in [0.1, 0.15) is 17.3 Å². The molecule has 6 nitrogen and oxygen atoms in total. The maximum Gasteiger partial charge on any atom is 0.170 e. The SMILES string of the molecule is CN1NC(c2ccc(Cl)cc2)C(O)=C(C#N)c2nc3cc(Cl)ccc3nc21. The van der Waals surface area contributed by atoms with Crippen LogP contribution in [0.4, 0.5) is 5.82 Å². The maximum absolute atomic E-state index is 10.9. The van der Waals surface area contributed by atoms with Crippen LogP contribution in [0.2, 0.25) is 10.0 Å². The number of aromatic nitrogens is 2. The van der Waals surface area contributed by atoms with Crippen molar-refractivity contribution in [1.29, 1.82) is 5.26 Å². The lowest BCUT2D eigenvalue weighted by Gasteiger charge is -2.24. The van der Waals surface area contributed by atoms with Gasteiger partial charge in [0.05, 0.1) is 11.0 Å². The van der Waals surface area contributed by atoms with E-state index in [1.54, 1.807) is 54.5 Å². The van der Waals surface area contributed by atoms with Crippen molar-refractivity contribution in [2.75, 3.05) is 12.1 Å². The van der Waals surface area contributed by atoms with Crippen LogP contribution in [0.15, 0.2) is 48.2 Å². The summed E-state index contributed by atoms with van der Waals surface area (Å²) in [5, 5.41) is 23.3. The van der Waals surface area contributed by atoms with Crippen molar-refractivity contribution in [1.82, 2.24) is 15.4 Å². The highest BCUT2D eigenvalue weighted by molar-refractivity contribution is 6.31. The molecule has 0 spiro atoms. The van der Waals surface area contributed by atoms with Crippen LogP contribution in [-0.2, 0) is 0 Å². The highest BCUT2D eigenvalue weighted by atomic mass is 35.5. The number of nitrogens with zero attached hydrogens (tertiary/aromatic N) is 4. The van der Waals surface area contributed by atoms with Gasteiger partial charge in [0, 0.05) is 17.1 Å². The molecule has 8 heteroatoms. The fourth-order valence-corrected chi connectivity index (χ4v) is 3.29. The van der Waals surface area contributed by atoms with E-state index in [1.807, 2.05) is 0 Å². The molecule has 0 radical (unpaired) electrons. The number of hydrogen-bond acceptors (Lipinski definition) is 6. The first kappa shape index (κ1) is 17.6. The van der Waals surface area contributed by atoms with Crippen LogP contribution >= 0.6 is 23.2 Å². The van der Waals surface area contributed by atoms with Gasteiger partial charge in [0.15, 0.2) is 5.82 Å². The number of anilines is 1. The molecule has 1 atom stereocenters. The fourth-order valence-electron chi connectivity index (χ4n) is 3.00. The quantitative estimate of drug-likeness (QED) is 0.631. The summed E-state index contributed by atoms with van der Waals surface area (Å²) < 4.78 is 0. The predicted octanol–water partition coefficient (Wildman–Crippen LogP) is 4.42. The standard InChI is InChI=1S/C19H13Cl2N5O/c1-26-19-17(23-15-8-12(21)6-7-14(15)24-19)13(9-22)18(27)16(25-26)10-2-4-11(20)5-3-10/h2-8,16,25,27H,1H3. The second-order valence-corrected chi connectivity index (χ2v) is 6.95. The molecule has 0 fully saturated rings. The number of fused-ring (bicyclic) bond motifs is 2. The van der Waals surface area contributed by atoms with E-state index in [4.69, 9.17) is 23.2 Å². The molecule has 0 saturated heterocycles. The summed E-state index contributed by atoms with van der Waals surface area (Å²) >= 11 is 12.0. The lowest BCUT2D eigenvalue weighted by Crippen LogP contribution is -2.38. The van der Waals surface area contributed by atoms with E-state index >= 15 is 0 Å². The van der Waals surface area contributed by atoms with E-state index in [0.717, 1.165) is 5.56 Å². The van der Waals surface area contributed by atoms with Gasteiger partial charge in [-0.05, 0) is 35.9 Å². The third-order valence-corrected chi connectivity index (χ3v) is 4.82. The summed E-state index contributed by atoms with van der Waals surface area (Å²) in [4.78, 5) is 9.14. The van der Waals surface area contributed by atoms with E-state index < -0.39 is 6.04 Å². The lowest BCUT2D eigenvalue weighted by molar-refractivity contribution is 0.346. The van der Waals surface area contributed by atoms with Crippen molar-refractivity contribution >= 4 is 45.6 Å². The van der Waals surface area contributed by atoms with Crippen molar-refractivity contribution in [3.05, 3.63) is 69.5 Å². The number of hydrazine groups is 1. The van der Waals surface area contributed by atoms with Crippen LogP contribution in [-0.4, -0.2) is 22.1 Å². The first-order valence-electron chi connectivity index (χ1n) is 8.04. The molecule has 3 aromatic rings. The molecule has 1 unspecified atom stereocenters. The second-order valence-electron chi connectivity index (χ2n) is 6.07. The molecule has 0 aliphatic carbocycles. The smallest absolute Gasteiger partial charge is 0.170 e. The Hall–Kier alpha value is -2.85. The van der Waals surface area contributed by atoms with Gasteiger partial charge in [0.1, 0.15) is 29.1 Å². The van der Waals surface area contributed by atoms with Crippen molar-refractivity contribution in [2.45, 2.75) is 6.04 Å². The maximum atomic E-state index is 10.9. The molecule has 2 N–H and O–H groups in total. The number of rotatable bonds is 1. The molecule has 0 amide bonds. The minimum Gasteiger partial charge on any atom is -0.509 e. The van der Waals surface area contributed by atoms with Crippen molar-refractivity contribution in [3.8, 4) is 6.07 Å². The van der Waals surface area contributed by atoms with Gasteiger partial charge in [-0.25, -0.2) is 15.4 Å². The van der Waals surface area contributed by atoms with Crippen LogP contribution in [0.5, 0.6) is 0 Å². The second kappa shape index (κ2) is 6.71. The van der Waals surface area contributed by atoms with Gasteiger partial charge in [-0.3, -0.25) is 5.01 Å². The van der Waals surface area contributed by atoms with Gasteiger partial charge in [0.25, 0.3) is 0 Å². The highest BCUT2D eigenvalue weighted by Gasteiger charge is 2.30. The monoisotopic (exact) mass is 397 g/mol. The fraction of sp³-hybridized carbons (Fsp3) is 0.105. The number of halogens is 2. The third-order valence-electron chi connectivity index (χ3n) is 4.33. The average Bonchev–Trinajstić information content (AvgIpc) is 2.75. The van der Waals surface area contributed by atoms with E-state index in [0.29, 0.717) is 26.9 Å². The summed E-state index contributed by atoms with van der Waals surface area (Å²) in [5.41, 5.74) is 5.43. The normalized spacial score (nSPS) is 16.8. The summed E-state index contributed by atoms with van der Waals surface area (Å²) in [5.74, 6) is 0.297. The number of aliphatic hydroxyl groups excluding tert-OH is 1. The third kappa shape index (κ3) is 3.06. The Morgan fingerprint density at radius 2 is 1.78 bits per heavy atom. The van der Waals surface area contributed by atoms with E-state index in [9.17, 15) is 10.4 Å². The Bertz CT molecular complexity index is 1120. The number of hydrogen-bond donors (Lipinski definition) is 2. The van der Waals surface area contributed by atoms with Gasteiger partial charge in [-0.15, -0.1) is 0 Å². The Balaban J connectivity index is 1.94. The molecule has 0 bridgehead atoms. The number of benzene rings is 2. The lowest BCUT2D eigenvalue weighted by atomic mass is 10.0. The Morgan fingerprint density at radius 3 is 2.48 bits per heavy atom. The highest BCUT2D eigenvalue weighted by Crippen LogP contribution is 2.35. The summed E-state index contributed by atoms with van der Waals surface area (Å²) in [7, 11) is 1.76. The first-order valence-corrected chi connectivity index (χ1v) is 8.80. The zero-order valence-electron chi connectivity index (χ0n) is 14.1. The first-order chi connectivity index (χ1) is 13.0. The molecule has 2 aromatic carbocycles. The van der Waals surface area contributed by atoms with E-state index in [-0.39, 0.29) is 17.0 Å². The molecule has 134 valence electrons. The Labute approximate surface area is 165 Å². The Kier molecular flexibility index (Phi) is 4.36. The molecule has 2 heterocycles. The molecule has 1 aliphatic heterocycles. The van der Waals surface area contributed by atoms with Crippen LogP contribution in [0, 0.1) is 11.3 Å².